The van der Waals surface area contributed by atoms with Gasteiger partial charge in [-0.1, -0.05) is 23.7 Å². The Morgan fingerprint density at radius 3 is 3.12 bits per heavy atom. The second-order valence-corrected chi connectivity index (χ2v) is 4.53. The van der Waals surface area contributed by atoms with Gasteiger partial charge in [0, 0.05) is 25.2 Å². The molecule has 17 heavy (non-hydrogen) atoms. The Morgan fingerprint density at radius 1 is 1.53 bits per heavy atom. The molecule has 1 aromatic rings. The number of hydrogen-bond acceptors (Lipinski definition) is 3. The van der Waals surface area contributed by atoms with Gasteiger partial charge in [0.15, 0.2) is 0 Å². The minimum atomic E-state index is -0.360. The Morgan fingerprint density at radius 2 is 2.35 bits per heavy atom. The van der Waals surface area contributed by atoms with Gasteiger partial charge < -0.3 is 9.84 Å². The SMILES string of the molecule is OCC1CN(Cc2cccc(Cl)c2F)CCO1. The van der Waals surface area contributed by atoms with Crippen molar-refractivity contribution in [1.29, 1.82) is 0 Å². The summed E-state index contributed by atoms with van der Waals surface area (Å²) >= 11 is 5.73. The van der Waals surface area contributed by atoms with Crippen LogP contribution in [0, 0.1) is 5.82 Å². The number of halogens is 2. The van der Waals surface area contributed by atoms with E-state index in [1.807, 2.05) is 0 Å². The van der Waals surface area contributed by atoms with Crippen LogP contribution in [0.1, 0.15) is 5.56 Å². The summed E-state index contributed by atoms with van der Waals surface area (Å²) in [5.74, 6) is -0.360. The molecule has 94 valence electrons. The lowest BCUT2D eigenvalue weighted by atomic mass is 10.2. The highest BCUT2D eigenvalue weighted by Crippen LogP contribution is 2.20. The van der Waals surface area contributed by atoms with E-state index in [-0.39, 0.29) is 23.6 Å². The molecule has 0 amide bonds. The van der Waals surface area contributed by atoms with Crippen molar-refractivity contribution in [3.05, 3.63) is 34.6 Å². The van der Waals surface area contributed by atoms with Crippen LogP contribution in [0.15, 0.2) is 18.2 Å². The van der Waals surface area contributed by atoms with E-state index in [1.165, 1.54) is 6.07 Å². The summed E-state index contributed by atoms with van der Waals surface area (Å²) in [7, 11) is 0. The zero-order valence-electron chi connectivity index (χ0n) is 9.40. The third-order valence-corrected chi connectivity index (χ3v) is 3.14. The van der Waals surface area contributed by atoms with E-state index in [0.717, 1.165) is 6.54 Å². The van der Waals surface area contributed by atoms with Gasteiger partial charge >= 0.3 is 0 Å². The van der Waals surface area contributed by atoms with Crippen LogP contribution < -0.4 is 0 Å². The Hall–Kier alpha value is -0.680. The molecule has 1 saturated heterocycles. The highest BCUT2D eigenvalue weighted by atomic mass is 35.5. The molecule has 0 saturated carbocycles. The van der Waals surface area contributed by atoms with Crippen molar-refractivity contribution in [3.8, 4) is 0 Å². The largest absolute Gasteiger partial charge is 0.394 e. The lowest BCUT2D eigenvalue weighted by Gasteiger charge is -2.32. The molecule has 1 N–H and O–H groups in total. The summed E-state index contributed by atoms with van der Waals surface area (Å²) in [6, 6.07) is 5.01. The molecule has 1 fully saturated rings. The Balaban J connectivity index is 2.02. The number of aliphatic hydroxyl groups excluding tert-OH is 1. The van der Waals surface area contributed by atoms with Gasteiger partial charge in [-0.05, 0) is 6.07 Å². The average Bonchev–Trinajstić information content (AvgIpc) is 2.35. The smallest absolute Gasteiger partial charge is 0.146 e. The maximum atomic E-state index is 13.7. The highest BCUT2D eigenvalue weighted by Gasteiger charge is 2.20. The van der Waals surface area contributed by atoms with Gasteiger partial charge in [-0.3, -0.25) is 4.90 Å². The second-order valence-electron chi connectivity index (χ2n) is 4.12. The van der Waals surface area contributed by atoms with Crippen LogP contribution in [0.4, 0.5) is 4.39 Å². The molecule has 1 aromatic carbocycles. The van der Waals surface area contributed by atoms with E-state index >= 15 is 0 Å². The quantitative estimate of drug-likeness (QED) is 0.896. The number of aliphatic hydroxyl groups is 1. The van der Waals surface area contributed by atoms with E-state index in [4.69, 9.17) is 21.4 Å². The zero-order chi connectivity index (χ0) is 12.3. The van der Waals surface area contributed by atoms with Crippen LogP contribution in [-0.4, -0.2) is 42.4 Å². The van der Waals surface area contributed by atoms with E-state index in [9.17, 15) is 4.39 Å². The molecule has 1 atom stereocenters. The van der Waals surface area contributed by atoms with Crippen LogP contribution in [0.2, 0.25) is 5.02 Å². The Labute approximate surface area is 105 Å². The van der Waals surface area contributed by atoms with Gasteiger partial charge in [-0.2, -0.15) is 0 Å². The van der Waals surface area contributed by atoms with Crippen molar-refractivity contribution in [2.24, 2.45) is 0 Å². The first-order chi connectivity index (χ1) is 8.20. The summed E-state index contributed by atoms with van der Waals surface area (Å²) < 4.78 is 19.0. The van der Waals surface area contributed by atoms with Crippen LogP contribution >= 0.6 is 11.6 Å². The van der Waals surface area contributed by atoms with Gasteiger partial charge in [0.25, 0.3) is 0 Å². The van der Waals surface area contributed by atoms with Crippen molar-refractivity contribution >= 4 is 11.6 Å². The number of rotatable bonds is 3. The van der Waals surface area contributed by atoms with Gasteiger partial charge in [-0.25, -0.2) is 4.39 Å². The van der Waals surface area contributed by atoms with E-state index in [1.54, 1.807) is 12.1 Å². The summed E-state index contributed by atoms with van der Waals surface area (Å²) in [6.45, 7) is 2.40. The van der Waals surface area contributed by atoms with Crippen molar-refractivity contribution in [1.82, 2.24) is 4.90 Å². The predicted octanol–water partition coefficient (Wildman–Crippen LogP) is 1.67. The molecule has 0 spiro atoms. The molecule has 0 aliphatic carbocycles. The molecular weight excluding hydrogens is 245 g/mol. The average molecular weight is 260 g/mol. The van der Waals surface area contributed by atoms with Crippen molar-refractivity contribution in [2.45, 2.75) is 12.6 Å². The summed E-state index contributed by atoms with van der Waals surface area (Å²) in [4.78, 5) is 2.05. The molecule has 0 radical (unpaired) electrons. The molecule has 1 heterocycles. The minimum absolute atomic E-state index is 0.00543. The molecule has 2 rings (SSSR count). The number of ether oxygens (including phenoxy) is 1. The fourth-order valence-electron chi connectivity index (χ4n) is 1.95. The maximum Gasteiger partial charge on any atom is 0.146 e. The van der Waals surface area contributed by atoms with Crippen LogP contribution in [0.3, 0.4) is 0 Å². The summed E-state index contributed by atoms with van der Waals surface area (Å²) in [6.07, 6.45) is -0.175. The predicted molar refractivity (Wildman–Crippen MR) is 63.5 cm³/mol. The number of benzene rings is 1. The molecule has 1 unspecified atom stereocenters. The first kappa shape index (κ1) is 12.8. The lowest BCUT2D eigenvalue weighted by molar-refractivity contribution is -0.0553. The number of hydrogen-bond donors (Lipinski definition) is 1. The van der Waals surface area contributed by atoms with E-state index in [2.05, 4.69) is 4.90 Å². The third kappa shape index (κ3) is 3.16. The number of nitrogens with zero attached hydrogens (tertiary/aromatic N) is 1. The van der Waals surface area contributed by atoms with E-state index in [0.29, 0.717) is 25.3 Å². The molecular formula is C12H15ClFNO2. The monoisotopic (exact) mass is 259 g/mol. The second kappa shape index (κ2) is 5.78. The van der Waals surface area contributed by atoms with Gasteiger partial charge in [0.1, 0.15) is 5.82 Å². The van der Waals surface area contributed by atoms with Crippen molar-refractivity contribution in [3.63, 3.8) is 0 Å². The fraction of sp³-hybridized carbons (Fsp3) is 0.500. The Bertz CT molecular complexity index is 389. The van der Waals surface area contributed by atoms with Crippen molar-refractivity contribution < 1.29 is 14.2 Å². The fourth-order valence-corrected chi connectivity index (χ4v) is 2.14. The summed E-state index contributed by atoms with van der Waals surface area (Å²) in [5, 5.41) is 9.17. The first-order valence-electron chi connectivity index (χ1n) is 5.58. The molecule has 5 heteroatoms. The normalized spacial score (nSPS) is 21.7. The Kier molecular flexibility index (Phi) is 4.34. The number of morpholine rings is 1. The molecule has 0 bridgehead atoms. The lowest BCUT2D eigenvalue weighted by Crippen LogP contribution is -2.43. The van der Waals surface area contributed by atoms with Crippen LogP contribution in [-0.2, 0) is 11.3 Å². The first-order valence-corrected chi connectivity index (χ1v) is 5.96. The van der Waals surface area contributed by atoms with E-state index < -0.39 is 0 Å². The highest BCUT2D eigenvalue weighted by molar-refractivity contribution is 6.30. The summed E-state index contributed by atoms with van der Waals surface area (Å²) in [5.41, 5.74) is 0.580. The van der Waals surface area contributed by atoms with Crippen molar-refractivity contribution in [2.75, 3.05) is 26.3 Å². The third-order valence-electron chi connectivity index (χ3n) is 2.85. The van der Waals surface area contributed by atoms with Gasteiger partial charge in [0.2, 0.25) is 0 Å². The molecule has 1 aliphatic heterocycles. The minimum Gasteiger partial charge on any atom is -0.394 e. The van der Waals surface area contributed by atoms with Crippen LogP contribution in [0.5, 0.6) is 0 Å². The van der Waals surface area contributed by atoms with Crippen LogP contribution in [0.25, 0.3) is 0 Å². The molecule has 1 aliphatic rings. The molecule has 3 nitrogen and oxygen atoms in total. The van der Waals surface area contributed by atoms with Gasteiger partial charge in [0.05, 0.1) is 24.3 Å². The topological polar surface area (TPSA) is 32.7 Å². The zero-order valence-corrected chi connectivity index (χ0v) is 10.2. The maximum absolute atomic E-state index is 13.7. The van der Waals surface area contributed by atoms with Gasteiger partial charge in [-0.15, -0.1) is 0 Å². The standard InChI is InChI=1S/C12H15ClFNO2/c13-11-3-1-2-9(12(11)14)6-15-4-5-17-10(7-15)8-16/h1-3,10,16H,4-8H2. The molecule has 0 aromatic heterocycles.